The van der Waals surface area contributed by atoms with Gasteiger partial charge in [-0.25, -0.2) is 0 Å². The van der Waals surface area contributed by atoms with Crippen LogP contribution >= 0.6 is 0 Å². The van der Waals surface area contributed by atoms with Gasteiger partial charge in [0.05, 0.1) is 12.2 Å². The van der Waals surface area contributed by atoms with E-state index in [0.717, 1.165) is 11.3 Å². The van der Waals surface area contributed by atoms with Crippen molar-refractivity contribution in [3.63, 3.8) is 0 Å². The fraction of sp³-hybridized carbons (Fsp3) is 0.571. The zero-order valence-corrected chi connectivity index (χ0v) is 13.1. The Labute approximate surface area is 121 Å². The highest BCUT2D eigenvalue weighted by atomic mass is 32.2. The molecule has 2 rings (SSSR count). The monoisotopic (exact) mass is 297 g/mol. The van der Waals surface area contributed by atoms with E-state index in [-0.39, 0.29) is 12.0 Å². The summed E-state index contributed by atoms with van der Waals surface area (Å²) in [6.45, 7) is 7.55. The van der Waals surface area contributed by atoms with Gasteiger partial charge in [-0.05, 0) is 24.5 Å². The molecule has 1 unspecified atom stereocenters. The molecule has 1 aromatic rings. The molecular formula is C14H23N3O2S. The van der Waals surface area contributed by atoms with Crippen LogP contribution in [0.25, 0.3) is 0 Å². The van der Waals surface area contributed by atoms with Crippen molar-refractivity contribution in [1.82, 2.24) is 10.0 Å². The SMILES string of the molecule is CC(C)CNS(=O)(=O)N1CC(C)NCc2ccccc21. The van der Waals surface area contributed by atoms with Crippen LogP contribution in [0.2, 0.25) is 0 Å². The first kappa shape index (κ1) is 15.3. The minimum atomic E-state index is -3.50. The number of hydrogen-bond acceptors (Lipinski definition) is 3. The van der Waals surface area contributed by atoms with Crippen molar-refractivity contribution in [3.05, 3.63) is 29.8 Å². The van der Waals surface area contributed by atoms with Crippen molar-refractivity contribution >= 4 is 15.9 Å². The van der Waals surface area contributed by atoms with E-state index >= 15 is 0 Å². The third-order valence-electron chi connectivity index (χ3n) is 3.31. The Morgan fingerprint density at radius 1 is 1.40 bits per heavy atom. The second kappa shape index (κ2) is 6.11. The minimum absolute atomic E-state index is 0.109. The highest BCUT2D eigenvalue weighted by molar-refractivity contribution is 7.90. The van der Waals surface area contributed by atoms with Crippen LogP contribution in [0.15, 0.2) is 24.3 Å². The largest absolute Gasteiger partial charge is 0.308 e. The molecule has 0 radical (unpaired) electrons. The van der Waals surface area contributed by atoms with Crippen LogP contribution in [0.3, 0.4) is 0 Å². The molecule has 2 N–H and O–H groups in total. The maximum atomic E-state index is 12.5. The average molecular weight is 297 g/mol. The third kappa shape index (κ3) is 3.50. The smallest absolute Gasteiger partial charge is 0.301 e. The van der Waals surface area contributed by atoms with Crippen LogP contribution in [-0.2, 0) is 16.8 Å². The summed E-state index contributed by atoms with van der Waals surface area (Å²) in [6.07, 6.45) is 0. The lowest BCUT2D eigenvalue weighted by Gasteiger charge is -2.26. The zero-order valence-electron chi connectivity index (χ0n) is 12.3. The molecule has 1 aliphatic heterocycles. The lowest BCUT2D eigenvalue weighted by Crippen LogP contribution is -2.46. The number of para-hydroxylation sites is 1. The van der Waals surface area contributed by atoms with Crippen molar-refractivity contribution in [2.45, 2.75) is 33.4 Å². The zero-order chi connectivity index (χ0) is 14.8. The number of rotatable bonds is 4. The van der Waals surface area contributed by atoms with E-state index in [1.807, 2.05) is 45.0 Å². The van der Waals surface area contributed by atoms with Gasteiger partial charge in [-0.3, -0.25) is 4.31 Å². The van der Waals surface area contributed by atoms with E-state index in [9.17, 15) is 8.42 Å². The molecular weight excluding hydrogens is 274 g/mol. The second-order valence-electron chi connectivity index (χ2n) is 5.69. The lowest BCUT2D eigenvalue weighted by molar-refractivity contribution is 0.539. The van der Waals surface area contributed by atoms with E-state index in [1.165, 1.54) is 4.31 Å². The molecule has 0 aliphatic carbocycles. The Kier molecular flexibility index (Phi) is 4.67. The van der Waals surface area contributed by atoms with Gasteiger partial charge in [0, 0.05) is 19.1 Å². The standard InChI is InChI=1S/C14H23N3O2S/c1-11(2)8-16-20(18,19)17-10-12(3)15-9-13-6-4-5-7-14(13)17/h4-7,11-12,15-16H,8-10H2,1-3H3. The molecule has 1 heterocycles. The Morgan fingerprint density at radius 2 is 2.10 bits per heavy atom. The maximum Gasteiger partial charge on any atom is 0.301 e. The van der Waals surface area contributed by atoms with Gasteiger partial charge in [-0.1, -0.05) is 32.0 Å². The van der Waals surface area contributed by atoms with Crippen LogP contribution in [-0.4, -0.2) is 27.5 Å². The maximum absolute atomic E-state index is 12.5. The topological polar surface area (TPSA) is 61.4 Å². The van der Waals surface area contributed by atoms with Crippen molar-refractivity contribution in [1.29, 1.82) is 0 Å². The van der Waals surface area contributed by atoms with E-state index in [4.69, 9.17) is 0 Å². The Morgan fingerprint density at radius 3 is 2.80 bits per heavy atom. The average Bonchev–Trinajstić information content (AvgIpc) is 2.57. The normalized spacial score (nSPS) is 19.8. The highest BCUT2D eigenvalue weighted by Gasteiger charge is 2.28. The first-order valence-corrected chi connectivity index (χ1v) is 8.43. The predicted molar refractivity (Wildman–Crippen MR) is 81.9 cm³/mol. The lowest BCUT2D eigenvalue weighted by atomic mass is 10.2. The van der Waals surface area contributed by atoms with Gasteiger partial charge in [0.1, 0.15) is 0 Å². The summed E-state index contributed by atoms with van der Waals surface area (Å²) < 4.78 is 29.2. The molecule has 6 heteroatoms. The third-order valence-corrected chi connectivity index (χ3v) is 4.76. The molecule has 20 heavy (non-hydrogen) atoms. The van der Waals surface area contributed by atoms with Crippen molar-refractivity contribution < 1.29 is 8.42 Å². The quantitative estimate of drug-likeness (QED) is 0.885. The highest BCUT2D eigenvalue weighted by Crippen LogP contribution is 2.25. The van der Waals surface area contributed by atoms with Crippen molar-refractivity contribution in [2.24, 2.45) is 5.92 Å². The van der Waals surface area contributed by atoms with Gasteiger partial charge in [-0.2, -0.15) is 13.1 Å². The van der Waals surface area contributed by atoms with Gasteiger partial charge >= 0.3 is 10.2 Å². The number of nitrogens with zero attached hydrogens (tertiary/aromatic N) is 1. The summed E-state index contributed by atoms with van der Waals surface area (Å²) in [4.78, 5) is 0. The summed E-state index contributed by atoms with van der Waals surface area (Å²) in [5, 5.41) is 3.33. The number of fused-ring (bicyclic) bond motifs is 1. The summed E-state index contributed by atoms with van der Waals surface area (Å²) in [5.41, 5.74) is 1.77. The fourth-order valence-corrected chi connectivity index (χ4v) is 3.73. The van der Waals surface area contributed by atoms with Crippen molar-refractivity contribution in [2.75, 3.05) is 17.4 Å². The number of hydrogen-bond donors (Lipinski definition) is 2. The molecule has 0 spiro atoms. The Bertz CT molecular complexity index is 557. The minimum Gasteiger partial charge on any atom is -0.308 e. The first-order valence-electron chi connectivity index (χ1n) is 6.99. The van der Waals surface area contributed by atoms with E-state index < -0.39 is 10.2 Å². The number of nitrogens with one attached hydrogen (secondary N) is 2. The van der Waals surface area contributed by atoms with Gasteiger partial charge in [0.25, 0.3) is 0 Å². The molecule has 0 fully saturated rings. The predicted octanol–water partition coefficient (Wildman–Crippen LogP) is 1.48. The van der Waals surface area contributed by atoms with E-state index in [2.05, 4.69) is 10.0 Å². The van der Waals surface area contributed by atoms with Crippen LogP contribution in [0, 0.1) is 5.92 Å². The van der Waals surface area contributed by atoms with Gasteiger partial charge in [0.2, 0.25) is 0 Å². The molecule has 112 valence electrons. The van der Waals surface area contributed by atoms with Gasteiger partial charge < -0.3 is 5.32 Å². The van der Waals surface area contributed by atoms with Crippen LogP contribution in [0.1, 0.15) is 26.3 Å². The van der Waals surface area contributed by atoms with Crippen molar-refractivity contribution in [3.8, 4) is 0 Å². The Balaban J connectivity index is 2.33. The van der Waals surface area contributed by atoms with Crippen LogP contribution in [0.4, 0.5) is 5.69 Å². The first-order chi connectivity index (χ1) is 9.40. The molecule has 0 aromatic heterocycles. The summed E-state index contributed by atoms with van der Waals surface area (Å²) in [7, 11) is -3.50. The molecule has 1 aliphatic rings. The molecule has 0 amide bonds. The molecule has 1 aromatic carbocycles. The molecule has 0 saturated carbocycles. The van der Waals surface area contributed by atoms with E-state index in [0.29, 0.717) is 19.6 Å². The summed E-state index contributed by atoms with van der Waals surface area (Å²) in [5.74, 6) is 0.280. The van der Waals surface area contributed by atoms with Crippen LogP contribution in [0.5, 0.6) is 0 Å². The molecule has 1 atom stereocenters. The van der Waals surface area contributed by atoms with Gasteiger partial charge in [-0.15, -0.1) is 0 Å². The fourth-order valence-electron chi connectivity index (χ4n) is 2.18. The second-order valence-corrected chi connectivity index (χ2v) is 7.37. The van der Waals surface area contributed by atoms with E-state index in [1.54, 1.807) is 0 Å². The molecule has 0 saturated heterocycles. The van der Waals surface area contributed by atoms with Crippen LogP contribution < -0.4 is 14.3 Å². The molecule has 5 nitrogen and oxygen atoms in total. The summed E-state index contributed by atoms with van der Waals surface area (Å²) >= 11 is 0. The van der Waals surface area contributed by atoms with Gasteiger partial charge in [0.15, 0.2) is 0 Å². The Hall–Kier alpha value is -1.11. The number of anilines is 1. The number of benzene rings is 1. The molecule has 0 bridgehead atoms. The summed E-state index contributed by atoms with van der Waals surface area (Å²) in [6, 6.07) is 7.75.